The average Bonchev–Trinajstić information content (AvgIpc) is 2.98. The molecule has 1 aliphatic rings. The van der Waals surface area contributed by atoms with Crippen molar-refractivity contribution in [3.05, 3.63) is 62.5 Å². The SMILES string of the molecule is CCC(C)Oc1c(Cl)cc(C=C2SC(=O)N(Cc3ccccc3Cl)C2=O)cc1OC. The van der Waals surface area contributed by atoms with Gasteiger partial charge >= 0.3 is 0 Å². The molecule has 5 nitrogen and oxygen atoms in total. The Kier molecular flexibility index (Phi) is 7.34. The fraction of sp³-hybridized carbons (Fsp3) is 0.273. The van der Waals surface area contributed by atoms with Crippen LogP contribution in [0.4, 0.5) is 4.79 Å². The van der Waals surface area contributed by atoms with Gasteiger partial charge in [-0.1, -0.05) is 48.3 Å². The van der Waals surface area contributed by atoms with Crippen LogP contribution in [0.2, 0.25) is 10.0 Å². The molecule has 1 atom stereocenters. The van der Waals surface area contributed by atoms with E-state index in [0.717, 1.165) is 18.2 Å². The topological polar surface area (TPSA) is 55.8 Å². The van der Waals surface area contributed by atoms with Crippen molar-refractivity contribution in [3.63, 3.8) is 0 Å². The summed E-state index contributed by atoms with van der Waals surface area (Å²) in [4.78, 5) is 26.7. The summed E-state index contributed by atoms with van der Waals surface area (Å²) in [5, 5.41) is 0.533. The number of carbonyl (C=O) groups excluding carboxylic acids is 2. The number of carbonyl (C=O) groups is 2. The second-order valence-corrected chi connectivity index (χ2v) is 8.54. The van der Waals surface area contributed by atoms with Crippen LogP contribution in [0.5, 0.6) is 11.5 Å². The number of hydrogen-bond donors (Lipinski definition) is 0. The zero-order valence-electron chi connectivity index (χ0n) is 16.8. The van der Waals surface area contributed by atoms with Gasteiger partial charge < -0.3 is 9.47 Å². The molecule has 2 amide bonds. The molecule has 1 aliphatic heterocycles. The van der Waals surface area contributed by atoms with Crippen LogP contribution in [0.3, 0.4) is 0 Å². The molecule has 0 bridgehead atoms. The minimum absolute atomic E-state index is 0.0245. The highest BCUT2D eigenvalue weighted by Gasteiger charge is 2.35. The van der Waals surface area contributed by atoms with E-state index >= 15 is 0 Å². The van der Waals surface area contributed by atoms with E-state index in [0.29, 0.717) is 37.6 Å². The van der Waals surface area contributed by atoms with Crippen molar-refractivity contribution >= 4 is 52.2 Å². The van der Waals surface area contributed by atoms with E-state index in [-0.39, 0.29) is 23.8 Å². The Hall–Kier alpha value is -2.15. The number of thioether (sulfide) groups is 1. The van der Waals surface area contributed by atoms with Crippen molar-refractivity contribution in [2.45, 2.75) is 32.9 Å². The molecule has 1 saturated heterocycles. The van der Waals surface area contributed by atoms with Gasteiger partial charge in [-0.15, -0.1) is 0 Å². The molecule has 158 valence electrons. The van der Waals surface area contributed by atoms with Crippen LogP contribution in [0.1, 0.15) is 31.4 Å². The molecule has 0 N–H and O–H groups in total. The summed E-state index contributed by atoms with van der Waals surface area (Å²) in [7, 11) is 1.52. The number of amides is 2. The number of hydrogen-bond acceptors (Lipinski definition) is 5. The van der Waals surface area contributed by atoms with Crippen molar-refractivity contribution in [1.29, 1.82) is 0 Å². The number of methoxy groups -OCH3 is 1. The third kappa shape index (κ3) is 4.94. The molecule has 0 spiro atoms. The molecule has 0 aliphatic carbocycles. The van der Waals surface area contributed by atoms with Gasteiger partial charge in [0, 0.05) is 5.02 Å². The molecule has 2 aromatic carbocycles. The first-order valence-corrected chi connectivity index (χ1v) is 10.9. The Labute approximate surface area is 189 Å². The Morgan fingerprint density at radius 2 is 1.90 bits per heavy atom. The summed E-state index contributed by atoms with van der Waals surface area (Å²) in [6, 6.07) is 10.5. The van der Waals surface area contributed by atoms with Crippen LogP contribution in [0.25, 0.3) is 6.08 Å². The van der Waals surface area contributed by atoms with Gasteiger partial charge in [0.2, 0.25) is 0 Å². The number of benzene rings is 2. The summed E-state index contributed by atoms with van der Waals surface area (Å²) >= 11 is 13.4. The predicted molar refractivity (Wildman–Crippen MR) is 121 cm³/mol. The van der Waals surface area contributed by atoms with Crippen LogP contribution < -0.4 is 9.47 Å². The molecular formula is C22H21Cl2NO4S. The maximum Gasteiger partial charge on any atom is 0.293 e. The standard InChI is InChI=1S/C22H21Cl2NO4S/c1-4-13(2)29-20-17(24)9-14(10-18(20)28-3)11-19-21(26)25(22(27)30-19)12-15-7-5-6-8-16(15)23/h5-11,13H,4,12H2,1-3H3. The van der Waals surface area contributed by atoms with E-state index in [4.69, 9.17) is 32.7 Å². The molecule has 2 aromatic rings. The first-order valence-electron chi connectivity index (χ1n) is 9.37. The lowest BCUT2D eigenvalue weighted by Crippen LogP contribution is -2.27. The van der Waals surface area contributed by atoms with Crippen LogP contribution in [0, 0.1) is 0 Å². The van der Waals surface area contributed by atoms with Crippen molar-refractivity contribution in [2.24, 2.45) is 0 Å². The van der Waals surface area contributed by atoms with Gasteiger partial charge in [0.25, 0.3) is 11.1 Å². The molecule has 1 unspecified atom stereocenters. The smallest absolute Gasteiger partial charge is 0.293 e. The van der Waals surface area contributed by atoms with E-state index in [9.17, 15) is 9.59 Å². The van der Waals surface area contributed by atoms with Gasteiger partial charge in [0.1, 0.15) is 0 Å². The van der Waals surface area contributed by atoms with E-state index in [2.05, 4.69) is 0 Å². The number of halogens is 2. The van der Waals surface area contributed by atoms with Crippen molar-refractivity contribution in [2.75, 3.05) is 7.11 Å². The summed E-state index contributed by atoms with van der Waals surface area (Å²) < 4.78 is 11.3. The molecule has 1 heterocycles. The Bertz CT molecular complexity index is 1010. The highest BCUT2D eigenvalue weighted by Crippen LogP contribution is 2.40. The van der Waals surface area contributed by atoms with Crippen LogP contribution in [-0.2, 0) is 11.3 Å². The molecule has 0 radical (unpaired) electrons. The minimum atomic E-state index is -0.375. The van der Waals surface area contributed by atoms with Gasteiger partial charge in [-0.05, 0) is 60.5 Å². The van der Waals surface area contributed by atoms with Crippen molar-refractivity contribution in [1.82, 2.24) is 4.90 Å². The van der Waals surface area contributed by atoms with Gasteiger partial charge in [0.05, 0.1) is 29.7 Å². The summed E-state index contributed by atoms with van der Waals surface area (Å²) in [6.45, 7) is 4.07. The third-order valence-electron chi connectivity index (χ3n) is 4.60. The van der Waals surface area contributed by atoms with Gasteiger partial charge in [0.15, 0.2) is 11.5 Å². The second kappa shape index (κ2) is 9.77. The summed E-state index contributed by atoms with van der Waals surface area (Å²) in [6.07, 6.45) is 2.42. The Morgan fingerprint density at radius 1 is 1.17 bits per heavy atom. The first-order chi connectivity index (χ1) is 14.3. The van der Waals surface area contributed by atoms with Gasteiger partial charge in [-0.2, -0.15) is 0 Å². The second-order valence-electron chi connectivity index (χ2n) is 6.73. The highest BCUT2D eigenvalue weighted by atomic mass is 35.5. The number of ether oxygens (including phenoxy) is 2. The third-order valence-corrected chi connectivity index (χ3v) is 6.16. The Morgan fingerprint density at radius 3 is 2.57 bits per heavy atom. The first kappa shape index (κ1) is 22.5. The normalized spacial score (nSPS) is 16.3. The van der Waals surface area contributed by atoms with E-state index in [1.54, 1.807) is 36.4 Å². The zero-order chi connectivity index (χ0) is 21.8. The Balaban J connectivity index is 1.86. The number of imide groups is 1. The molecule has 3 rings (SSSR count). The van der Waals surface area contributed by atoms with Crippen molar-refractivity contribution < 1.29 is 19.1 Å². The summed E-state index contributed by atoms with van der Waals surface area (Å²) in [5.74, 6) is 0.543. The molecule has 0 aromatic heterocycles. The highest BCUT2D eigenvalue weighted by molar-refractivity contribution is 8.18. The average molecular weight is 466 g/mol. The molecule has 0 saturated carbocycles. The van der Waals surface area contributed by atoms with Crippen LogP contribution in [-0.4, -0.2) is 29.3 Å². The molecule has 30 heavy (non-hydrogen) atoms. The molecular weight excluding hydrogens is 445 g/mol. The number of nitrogens with zero attached hydrogens (tertiary/aromatic N) is 1. The lowest BCUT2D eigenvalue weighted by molar-refractivity contribution is -0.123. The van der Waals surface area contributed by atoms with Gasteiger partial charge in [-0.25, -0.2) is 0 Å². The van der Waals surface area contributed by atoms with E-state index in [1.165, 1.54) is 12.0 Å². The van der Waals surface area contributed by atoms with E-state index < -0.39 is 0 Å². The van der Waals surface area contributed by atoms with Crippen molar-refractivity contribution in [3.8, 4) is 11.5 Å². The lowest BCUT2D eigenvalue weighted by Gasteiger charge is -2.17. The number of rotatable bonds is 7. The maximum atomic E-state index is 12.8. The molecule has 1 fully saturated rings. The van der Waals surface area contributed by atoms with Gasteiger partial charge in [-0.3, -0.25) is 14.5 Å². The van der Waals surface area contributed by atoms with Crippen LogP contribution in [0.15, 0.2) is 41.3 Å². The van der Waals surface area contributed by atoms with Crippen LogP contribution >= 0.6 is 35.0 Å². The minimum Gasteiger partial charge on any atom is -0.493 e. The predicted octanol–water partition coefficient (Wildman–Crippen LogP) is 6.42. The fourth-order valence-electron chi connectivity index (χ4n) is 2.81. The quantitative estimate of drug-likeness (QED) is 0.441. The molecule has 8 heteroatoms. The summed E-state index contributed by atoms with van der Waals surface area (Å²) in [5.41, 5.74) is 1.34. The monoisotopic (exact) mass is 465 g/mol. The maximum absolute atomic E-state index is 12.8. The zero-order valence-corrected chi connectivity index (χ0v) is 19.1. The fourth-order valence-corrected chi connectivity index (χ4v) is 4.10. The van der Waals surface area contributed by atoms with E-state index in [1.807, 2.05) is 19.9 Å². The lowest BCUT2D eigenvalue weighted by atomic mass is 10.1. The largest absolute Gasteiger partial charge is 0.493 e.